The average Bonchev–Trinajstić information content (AvgIpc) is 2.73. The number of nitrogens with one attached hydrogen (secondary N) is 1. The number of amidine groups is 1. The highest BCUT2D eigenvalue weighted by Crippen LogP contribution is 2.30. The molecule has 0 bridgehead atoms. The van der Waals surface area contributed by atoms with Crippen molar-refractivity contribution in [1.82, 2.24) is 4.90 Å². The number of ether oxygens (including phenoxy) is 1. The molecule has 1 N–H and O–H groups in total. The first-order chi connectivity index (χ1) is 15.1. The standard InChI is InChI=1S/C22H28IN3O5S/c1-14(2)10-11-26(18-7-5-4-6-16(18)22(28)31-3)21(27)13-20-24-17-9-8-15(23)12-19(17)32(29,30)25-20/h4-5,8-9,12,14,16,18H,6-7,10-11,13H2,1-3H3,(H,24,25). The largest absolute Gasteiger partial charge is 0.469 e. The van der Waals surface area contributed by atoms with Crippen LogP contribution in [0.3, 0.4) is 0 Å². The van der Waals surface area contributed by atoms with Gasteiger partial charge in [-0.15, -0.1) is 4.40 Å². The Labute approximate surface area is 202 Å². The van der Waals surface area contributed by atoms with Gasteiger partial charge in [-0.2, -0.15) is 8.42 Å². The minimum absolute atomic E-state index is 0.0826. The Morgan fingerprint density at radius 3 is 2.69 bits per heavy atom. The summed E-state index contributed by atoms with van der Waals surface area (Å²) in [5, 5.41) is 2.99. The molecular formula is C22H28IN3O5S. The third-order valence-electron chi connectivity index (χ3n) is 5.62. The molecule has 32 heavy (non-hydrogen) atoms. The molecule has 2 aliphatic rings. The van der Waals surface area contributed by atoms with Crippen molar-refractivity contribution in [3.05, 3.63) is 33.9 Å². The number of allylic oxidation sites excluding steroid dienone is 1. The fourth-order valence-corrected chi connectivity index (χ4v) is 5.80. The lowest BCUT2D eigenvalue weighted by Gasteiger charge is -2.37. The topological polar surface area (TPSA) is 105 Å². The molecule has 0 radical (unpaired) electrons. The van der Waals surface area contributed by atoms with E-state index in [2.05, 4.69) is 23.6 Å². The van der Waals surface area contributed by atoms with Crippen molar-refractivity contribution in [3.8, 4) is 0 Å². The van der Waals surface area contributed by atoms with Crippen LogP contribution in [-0.4, -0.2) is 50.7 Å². The first-order valence-corrected chi connectivity index (χ1v) is 13.1. The van der Waals surface area contributed by atoms with Crippen LogP contribution in [0.5, 0.6) is 0 Å². The van der Waals surface area contributed by atoms with Crippen LogP contribution < -0.4 is 5.32 Å². The molecule has 0 saturated carbocycles. The summed E-state index contributed by atoms with van der Waals surface area (Å²) in [5.74, 6) is -0.620. The number of hydrogen-bond acceptors (Lipinski definition) is 6. The van der Waals surface area contributed by atoms with Crippen LogP contribution in [0.25, 0.3) is 0 Å². The van der Waals surface area contributed by atoms with Crippen molar-refractivity contribution in [1.29, 1.82) is 0 Å². The minimum Gasteiger partial charge on any atom is -0.469 e. The van der Waals surface area contributed by atoms with Crippen LogP contribution >= 0.6 is 22.6 Å². The zero-order valence-corrected chi connectivity index (χ0v) is 21.4. The fraction of sp³-hybridized carbons (Fsp3) is 0.500. The van der Waals surface area contributed by atoms with E-state index in [0.29, 0.717) is 31.0 Å². The molecule has 8 nitrogen and oxygen atoms in total. The molecule has 1 heterocycles. The molecule has 0 spiro atoms. The van der Waals surface area contributed by atoms with Gasteiger partial charge in [0.25, 0.3) is 10.0 Å². The number of carbonyl (C=O) groups excluding carboxylic acids is 2. The normalized spacial score (nSPS) is 21.3. The summed E-state index contributed by atoms with van der Waals surface area (Å²) in [6, 6.07) is 4.67. The zero-order valence-electron chi connectivity index (χ0n) is 18.4. The quantitative estimate of drug-likeness (QED) is 0.304. The molecule has 2 atom stereocenters. The maximum absolute atomic E-state index is 13.4. The van der Waals surface area contributed by atoms with E-state index in [1.807, 2.05) is 34.7 Å². The molecule has 0 aromatic heterocycles. The van der Waals surface area contributed by atoms with E-state index in [1.165, 1.54) is 7.11 Å². The Bertz CT molecular complexity index is 1050. The van der Waals surface area contributed by atoms with E-state index >= 15 is 0 Å². The Morgan fingerprint density at radius 1 is 1.28 bits per heavy atom. The summed E-state index contributed by atoms with van der Waals surface area (Å²) in [4.78, 5) is 27.6. The summed E-state index contributed by atoms with van der Waals surface area (Å²) in [6.07, 6.45) is 5.51. The second kappa shape index (κ2) is 10.3. The number of hydrogen-bond donors (Lipinski definition) is 1. The van der Waals surface area contributed by atoms with E-state index in [-0.39, 0.29) is 35.1 Å². The smallest absolute Gasteiger partial charge is 0.311 e. The van der Waals surface area contributed by atoms with Gasteiger partial charge in [-0.05, 0) is 66.0 Å². The van der Waals surface area contributed by atoms with Crippen molar-refractivity contribution in [2.75, 3.05) is 19.0 Å². The monoisotopic (exact) mass is 573 g/mol. The van der Waals surface area contributed by atoms with Gasteiger partial charge in [0.15, 0.2) is 0 Å². The van der Waals surface area contributed by atoms with Crippen molar-refractivity contribution in [2.24, 2.45) is 16.2 Å². The SMILES string of the molecule is COC(=O)C1CC=CCC1N(CCC(C)C)C(=O)CC1=NS(=O)(=O)c2cc(I)ccc2N1. The van der Waals surface area contributed by atoms with Crippen molar-refractivity contribution in [2.45, 2.75) is 50.5 Å². The van der Waals surface area contributed by atoms with Crippen LogP contribution in [-0.2, 0) is 24.3 Å². The second-order valence-corrected chi connectivity index (χ2v) is 11.2. The first-order valence-electron chi connectivity index (χ1n) is 10.5. The zero-order chi connectivity index (χ0) is 23.5. The van der Waals surface area contributed by atoms with Gasteiger partial charge in [0.2, 0.25) is 5.91 Å². The summed E-state index contributed by atoms with van der Waals surface area (Å²) in [5.41, 5.74) is 0.407. The van der Waals surface area contributed by atoms with Gasteiger partial charge in [-0.1, -0.05) is 26.0 Å². The molecule has 2 unspecified atom stereocenters. The van der Waals surface area contributed by atoms with Crippen LogP contribution in [0.4, 0.5) is 5.69 Å². The Kier molecular flexibility index (Phi) is 7.97. The van der Waals surface area contributed by atoms with Gasteiger partial charge in [-0.3, -0.25) is 9.59 Å². The number of nitrogens with zero attached hydrogens (tertiary/aromatic N) is 2. The lowest BCUT2D eigenvalue weighted by atomic mass is 9.87. The number of halogens is 1. The summed E-state index contributed by atoms with van der Waals surface area (Å²) < 4.78 is 34.9. The molecule has 1 amide bonds. The van der Waals surface area contributed by atoms with E-state index < -0.39 is 15.9 Å². The Morgan fingerprint density at radius 2 is 2.00 bits per heavy atom. The van der Waals surface area contributed by atoms with Gasteiger partial charge in [0.05, 0.1) is 25.1 Å². The minimum atomic E-state index is -3.90. The molecular weight excluding hydrogens is 545 g/mol. The number of fused-ring (bicyclic) bond motifs is 1. The number of amides is 1. The van der Waals surface area contributed by atoms with Crippen LogP contribution in [0, 0.1) is 15.4 Å². The van der Waals surface area contributed by atoms with Crippen LogP contribution in [0.1, 0.15) is 39.5 Å². The number of carbonyl (C=O) groups is 2. The second-order valence-electron chi connectivity index (χ2n) is 8.36. The van der Waals surface area contributed by atoms with Gasteiger partial charge in [0, 0.05) is 16.2 Å². The fourth-order valence-electron chi connectivity index (χ4n) is 3.93. The van der Waals surface area contributed by atoms with Gasteiger partial charge < -0.3 is 15.0 Å². The summed E-state index contributed by atoms with van der Waals surface area (Å²) in [7, 11) is -2.55. The summed E-state index contributed by atoms with van der Waals surface area (Å²) in [6.45, 7) is 4.61. The molecule has 3 rings (SSSR count). The van der Waals surface area contributed by atoms with E-state index in [4.69, 9.17) is 4.74 Å². The van der Waals surface area contributed by atoms with Crippen LogP contribution in [0.2, 0.25) is 0 Å². The maximum atomic E-state index is 13.4. The lowest BCUT2D eigenvalue weighted by molar-refractivity contribution is -0.150. The third-order valence-corrected chi connectivity index (χ3v) is 7.65. The van der Waals surface area contributed by atoms with E-state index in [9.17, 15) is 18.0 Å². The molecule has 0 saturated heterocycles. The predicted octanol–water partition coefficient (Wildman–Crippen LogP) is 3.58. The molecule has 0 fully saturated rings. The molecule has 1 aliphatic carbocycles. The number of benzene rings is 1. The predicted molar refractivity (Wildman–Crippen MR) is 131 cm³/mol. The number of esters is 1. The van der Waals surface area contributed by atoms with Crippen molar-refractivity contribution in [3.63, 3.8) is 0 Å². The van der Waals surface area contributed by atoms with Crippen molar-refractivity contribution >= 4 is 56.0 Å². The third kappa shape index (κ3) is 5.69. The van der Waals surface area contributed by atoms with Gasteiger partial charge in [0.1, 0.15) is 10.7 Å². The molecule has 1 aromatic rings. The number of methoxy groups -OCH3 is 1. The number of rotatable bonds is 7. The van der Waals surface area contributed by atoms with E-state index in [0.717, 1.165) is 9.99 Å². The molecule has 1 aromatic carbocycles. The highest BCUT2D eigenvalue weighted by atomic mass is 127. The number of anilines is 1. The van der Waals surface area contributed by atoms with Crippen molar-refractivity contribution < 1.29 is 22.7 Å². The van der Waals surface area contributed by atoms with E-state index in [1.54, 1.807) is 23.1 Å². The maximum Gasteiger partial charge on any atom is 0.311 e. The Balaban J connectivity index is 1.86. The van der Waals surface area contributed by atoms with Crippen LogP contribution in [0.15, 0.2) is 39.6 Å². The molecule has 10 heteroatoms. The average molecular weight is 573 g/mol. The molecule has 174 valence electrons. The molecule has 1 aliphatic heterocycles. The first kappa shape index (κ1) is 24.7. The highest BCUT2D eigenvalue weighted by molar-refractivity contribution is 14.1. The lowest BCUT2D eigenvalue weighted by Crippen LogP contribution is -2.49. The number of sulfonamides is 1. The van der Waals surface area contributed by atoms with Gasteiger partial charge in [-0.25, -0.2) is 0 Å². The van der Waals surface area contributed by atoms with Gasteiger partial charge >= 0.3 is 5.97 Å². The highest BCUT2D eigenvalue weighted by Gasteiger charge is 2.37. The summed E-state index contributed by atoms with van der Waals surface area (Å²) >= 11 is 2.04. The Hall–Kier alpha value is -1.95.